The number of hydrogen-bond donors (Lipinski definition) is 2. The van der Waals surface area contributed by atoms with Gasteiger partial charge in [-0.15, -0.1) is 0 Å². The Morgan fingerprint density at radius 2 is 1.29 bits per heavy atom. The van der Waals surface area contributed by atoms with Gasteiger partial charge in [-0.1, -0.05) is 44.2 Å². The van der Waals surface area contributed by atoms with Crippen LogP contribution in [0.4, 0.5) is 0 Å². The van der Waals surface area contributed by atoms with Gasteiger partial charge in [0.15, 0.2) is 0 Å². The molecular weight excluding hydrogens is 379 g/mol. The third kappa shape index (κ3) is 10.1. The predicted octanol–water partition coefficient (Wildman–Crippen LogP) is 0.0686. The maximum absolute atomic E-state index is 7.25. The van der Waals surface area contributed by atoms with E-state index in [0.29, 0.717) is 5.92 Å². The molecular formula is C9H14O4Pb. The summed E-state index contributed by atoms with van der Waals surface area (Å²) in [6.07, 6.45) is 0. The fraction of sp³-hybridized carbons (Fsp3) is 0.333. The van der Waals surface area contributed by atoms with E-state index >= 15 is 0 Å². The molecule has 0 unspecified atom stereocenters. The van der Waals surface area contributed by atoms with Crippen molar-refractivity contribution in [2.45, 2.75) is 19.8 Å². The Hall–Kier alpha value is -0.0179. The first-order chi connectivity index (χ1) is 6.30. The van der Waals surface area contributed by atoms with Gasteiger partial charge in [-0.3, -0.25) is 0 Å². The fourth-order valence-corrected chi connectivity index (χ4v) is 0.838. The van der Waals surface area contributed by atoms with Gasteiger partial charge in [0.1, 0.15) is 0 Å². The Morgan fingerprint density at radius 3 is 1.50 bits per heavy atom. The summed E-state index contributed by atoms with van der Waals surface area (Å²) in [5.74, 6) is 0.659. The molecule has 0 aliphatic carbocycles. The van der Waals surface area contributed by atoms with Crippen LogP contribution in [-0.4, -0.2) is 37.8 Å². The molecule has 0 amide bonds. The van der Waals surface area contributed by atoms with Crippen LogP contribution in [-0.2, 0) is 0 Å². The first-order valence-electron chi connectivity index (χ1n) is 3.72. The quantitative estimate of drug-likeness (QED) is 0.402. The molecule has 4 nitrogen and oxygen atoms in total. The summed E-state index contributed by atoms with van der Waals surface area (Å²) in [6, 6.07) is 10.5. The minimum absolute atomic E-state index is 0. The average Bonchev–Trinajstić information content (AvgIpc) is 2.25. The molecule has 0 aliphatic heterocycles. The molecule has 0 aliphatic rings. The molecule has 1 aromatic carbocycles. The zero-order chi connectivity index (χ0) is 10.7. The second kappa shape index (κ2) is 15.5. The van der Waals surface area contributed by atoms with E-state index in [1.165, 1.54) is 5.56 Å². The van der Waals surface area contributed by atoms with Gasteiger partial charge in [0.2, 0.25) is 0 Å². The summed E-state index contributed by atoms with van der Waals surface area (Å²) in [5.41, 5.74) is 1.41. The Balaban J connectivity index is -0.000000216. The van der Waals surface area contributed by atoms with Gasteiger partial charge in [0.25, 0.3) is 0 Å². The molecule has 0 saturated carbocycles. The summed E-state index contributed by atoms with van der Waals surface area (Å²) >= 11 is 0. The third-order valence-corrected chi connectivity index (χ3v) is 1.47. The van der Waals surface area contributed by atoms with Gasteiger partial charge in [0.05, 0.1) is 0 Å². The van der Waals surface area contributed by atoms with Gasteiger partial charge >= 0.3 is 27.3 Å². The van der Waals surface area contributed by atoms with Crippen LogP contribution in [0.25, 0.3) is 0 Å². The Labute approximate surface area is 104 Å². The van der Waals surface area contributed by atoms with E-state index < -0.39 is 0 Å². The minimum Gasteiger partial charge on any atom is -0.727 e. The largest absolute Gasteiger partial charge is 2.00 e. The van der Waals surface area contributed by atoms with Crippen LogP contribution in [0, 0.1) is 0 Å². The monoisotopic (exact) mass is 394 g/mol. The summed E-state index contributed by atoms with van der Waals surface area (Å²) in [7, 11) is 0. The van der Waals surface area contributed by atoms with Crippen molar-refractivity contribution < 1.29 is 21.0 Å². The van der Waals surface area contributed by atoms with Crippen molar-refractivity contribution in [3.8, 4) is 0 Å². The molecule has 0 saturated heterocycles. The molecule has 0 bridgehead atoms. The molecule has 0 heterocycles. The molecule has 1 aromatic rings. The molecule has 78 valence electrons. The first kappa shape index (κ1) is 19.5. The SMILES string of the molecule is CC(C)c1ccccc1.[O-]O.[O-]O.[Pb+2]. The summed E-state index contributed by atoms with van der Waals surface area (Å²) in [5, 5.41) is 26.0. The van der Waals surface area contributed by atoms with Crippen molar-refractivity contribution in [2.75, 3.05) is 0 Å². The summed E-state index contributed by atoms with van der Waals surface area (Å²) in [4.78, 5) is 0. The van der Waals surface area contributed by atoms with Crippen LogP contribution in [0.5, 0.6) is 0 Å². The molecule has 14 heavy (non-hydrogen) atoms. The number of rotatable bonds is 1. The van der Waals surface area contributed by atoms with Gasteiger partial charge in [-0.2, -0.15) is 0 Å². The molecule has 1 rings (SSSR count). The van der Waals surface area contributed by atoms with Crippen molar-refractivity contribution in [2.24, 2.45) is 0 Å². The van der Waals surface area contributed by atoms with Crippen molar-refractivity contribution >= 4 is 27.3 Å². The van der Waals surface area contributed by atoms with Crippen molar-refractivity contribution in [3.05, 3.63) is 35.9 Å². The van der Waals surface area contributed by atoms with Crippen LogP contribution in [0.1, 0.15) is 25.3 Å². The third-order valence-electron chi connectivity index (χ3n) is 1.47. The van der Waals surface area contributed by atoms with Crippen LogP contribution in [0.2, 0.25) is 0 Å². The molecule has 2 N–H and O–H groups in total. The van der Waals surface area contributed by atoms with E-state index in [1.54, 1.807) is 0 Å². The second-order valence-corrected chi connectivity index (χ2v) is 2.57. The normalized spacial score (nSPS) is 7.36. The maximum Gasteiger partial charge on any atom is 2.00 e. The van der Waals surface area contributed by atoms with E-state index in [-0.39, 0.29) is 27.3 Å². The number of hydrogen-bond acceptors (Lipinski definition) is 4. The maximum atomic E-state index is 7.25. The molecule has 0 atom stereocenters. The van der Waals surface area contributed by atoms with Gasteiger partial charge in [-0.25, -0.2) is 0 Å². The average molecular weight is 393 g/mol. The predicted molar refractivity (Wildman–Crippen MR) is 51.5 cm³/mol. The van der Waals surface area contributed by atoms with E-state index in [9.17, 15) is 0 Å². The Bertz CT molecular complexity index is 179. The fourth-order valence-electron chi connectivity index (χ4n) is 0.838. The van der Waals surface area contributed by atoms with Crippen LogP contribution < -0.4 is 10.5 Å². The Morgan fingerprint density at radius 1 is 0.929 bits per heavy atom. The smallest absolute Gasteiger partial charge is 0.727 e. The standard InChI is InChI=1S/C9H12.2H2O2.Pb/c1-8(2)9-6-4-3-5-7-9;2*1-2;/h3-8H,1-2H3;2*1-2H;/q;;;+2/p-2. The van der Waals surface area contributed by atoms with Crippen LogP contribution >= 0.6 is 0 Å². The first-order valence-corrected chi connectivity index (χ1v) is 3.72. The second-order valence-electron chi connectivity index (χ2n) is 2.57. The zero-order valence-electron chi connectivity index (χ0n) is 8.18. The van der Waals surface area contributed by atoms with Crippen molar-refractivity contribution in [1.82, 2.24) is 0 Å². The van der Waals surface area contributed by atoms with E-state index in [0.717, 1.165) is 0 Å². The topological polar surface area (TPSA) is 86.6 Å². The molecule has 0 spiro atoms. The van der Waals surface area contributed by atoms with Crippen molar-refractivity contribution in [3.63, 3.8) is 0 Å². The van der Waals surface area contributed by atoms with E-state index in [1.807, 2.05) is 6.07 Å². The summed E-state index contributed by atoms with van der Waals surface area (Å²) < 4.78 is 0. The molecule has 0 aromatic heterocycles. The van der Waals surface area contributed by atoms with Crippen LogP contribution in [0.15, 0.2) is 30.3 Å². The Kier molecular flexibility index (Phi) is 21.6. The number of benzene rings is 1. The van der Waals surface area contributed by atoms with Gasteiger partial charge in [-0.05, 0) is 11.5 Å². The van der Waals surface area contributed by atoms with Gasteiger partial charge < -0.3 is 21.0 Å². The summed E-state index contributed by atoms with van der Waals surface area (Å²) in [6.45, 7) is 4.41. The minimum atomic E-state index is 0. The molecule has 0 fully saturated rings. The zero-order valence-corrected chi connectivity index (χ0v) is 12.1. The molecule has 2 radical (unpaired) electrons. The van der Waals surface area contributed by atoms with Crippen LogP contribution in [0.3, 0.4) is 0 Å². The molecule has 5 heteroatoms. The van der Waals surface area contributed by atoms with E-state index in [2.05, 4.69) is 38.1 Å². The van der Waals surface area contributed by atoms with Gasteiger partial charge in [0, 0.05) is 0 Å². The van der Waals surface area contributed by atoms with Crippen molar-refractivity contribution in [1.29, 1.82) is 0 Å². The van der Waals surface area contributed by atoms with E-state index in [4.69, 9.17) is 21.0 Å².